The van der Waals surface area contributed by atoms with E-state index in [0.29, 0.717) is 10.9 Å². The summed E-state index contributed by atoms with van der Waals surface area (Å²) in [5, 5.41) is 9.67. The van der Waals surface area contributed by atoms with E-state index in [4.69, 9.17) is 11.6 Å². The second-order valence-corrected chi connectivity index (χ2v) is 12.8. The van der Waals surface area contributed by atoms with Crippen molar-refractivity contribution in [2.75, 3.05) is 26.2 Å². The number of hydrogen-bond acceptors (Lipinski definition) is 5. The Morgan fingerprint density at radius 1 is 1.18 bits per heavy atom. The smallest absolute Gasteiger partial charge is 0.243 e. The molecule has 1 aliphatic heterocycles. The van der Waals surface area contributed by atoms with Crippen molar-refractivity contribution in [1.29, 1.82) is 0 Å². The molecule has 2 atom stereocenters. The highest BCUT2D eigenvalue weighted by atomic mass is 35.5. The third-order valence-corrected chi connectivity index (χ3v) is 9.26. The summed E-state index contributed by atoms with van der Waals surface area (Å²) in [6.07, 6.45) is 3.43. The zero-order chi connectivity index (χ0) is 27.3. The third kappa shape index (κ3) is 6.94. The lowest BCUT2D eigenvalue weighted by atomic mass is 9.86. The Bertz CT molecular complexity index is 1250. The average molecular weight is 561 g/mol. The average Bonchev–Trinajstić information content (AvgIpc) is 2.88. The molecule has 10 heteroatoms. The Morgan fingerprint density at radius 3 is 2.68 bits per heavy atom. The van der Waals surface area contributed by atoms with Gasteiger partial charge in [0.05, 0.1) is 17.4 Å². The molecular weight excluding hydrogens is 524 g/mol. The molecule has 38 heavy (non-hydrogen) atoms. The van der Waals surface area contributed by atoms with E-state index in [1.165, 1.54) is 35.4 Å². The Morgan fingerprint density at radius 2 is 1.95 bits per heavy atom. The van der Waals surface area contributed by atoms with Crippen LogP contribution in [0.2, 0.25) is 5.02 Å². The number of carbonyl (C=O) groups excluding carboxylic acids is 2. The molecule has 206 valence electrons. The molecule has 2 aliphatic rings. The number of nitrogens with one attached hydrogen (secondary N) is 3. The van der Waals surface area contributed by atoms with Gasteiger partial charge in [-0.05, 0) is 85.6 Å². The standard InChI is InChI=1S/C28H37ClN4O4S/c1-19(2)18-30-13-12-20-6-11-24-21(16-20)4-3-5-25(24)32-27(34)17-26-28(35)31-14-15-33(26)38(36,37)23-9-7-22(29)8-10-23/h6-11,16,19,25-26,30H,3-5,12-15,17-18H2,1-2H3,(H,31,35)(H,32,34)/t25-,26-/m1/s1. The van der Waals surface area contributed by atoms with Crippen molar-refractivity contribution in [2.24, 2.45) is 5.92 Å². The first-order valence-electron chi connectivity index (χ1n) is 13.3. The van der Waals surface area contributed by atoms with Crippen LogP contribution in [0.25, 0.3) is 0 Å². The molecule has 1 fully saturated rings. The van der Waals surface area contributed by atoms with Gasteiger partial charge in [-0.3, -0.25) is 9.59 Å². The summed E-state index contributed by atoms with van der Waals surface area (Å²) in [6.45, 7) is 6.59. The van der Waals surface area contributed by atoms with Gasteiger partial charge in [-0.1, -0.05) is 43.6 Å². The van der Waals surface area contributed by atoms with E-state index < -0.39 is 22.0 Å². The van der Waals surface area contributed by atoms with Crippen LogP contribution in [0.15, 0.2) is 47.4 Å². The topological polar surface area (TPSA) is 108 Å². The lowest BCUT2D eigenvalue weighted by Crippen LogP contribution is -2.58. The van der Waals surface area contributed by atoms with Crippen LogP contribution in [0.1, 0.15) is 55.8 Å². The van der Waals surface area contributed by atoms with E-state index in [-0.39, 0.29) is 36.4 Å². The van der Waals surface area contributed by atoms with Crippen LogP contribution >= 0.6 is 11.6 Å². The molecule has 4 rings (SSSR count). The van der Waals surface area contributed by atoms with Crippen molar-refractivity contribution in [3.05, 3.63) is 64.2 Å². The van der Waals surface area contributed by atoms with E-state index in [1.54, 1.807) is 0 Å². The van der Waals surface area contributed by atoms with Gasteiger partial charge < -0.3 is 16.0 Å². The summed E-state index contributed by atoms with van der Waals surface area (Å²) >= 11 is 5.92. The number of halogens is 1. The van der Waals surface area contributed by atoms with Crippen molar-refractivity contribution in [2.45, 2.75) is 62.9 Å². The monoisotopic (exact) mass is 560 g/mol. The molecule has 8 nitrogen and oxygen atoms in total. The Balaban J connectivity index is 1.43. The molecule has 0 radical (unpaired) electrons. The van der Waals surface area contributed by atoms with Gasteiger partial charge >= 0.3 is 0 Å². The quantitative estimate of drug-likeness (QED) is 0.387. The number of hydrogen-bond donors (Lipinski definition) is 3. The molecule has 2 aromatic carbocycles. The Labute approximate surface area is 230 Å². The predicted molar refractivity (Wildman–Crippen MR) is 148 cm³/mol. The first kappa shape index (κ1) is 28.5. The SMILES string of the molecule is CC(C)CNCCc1ccc2c(c1)CCC[C@H]2NC(=O)C[C@@H]1C(=O)NCCN1S(=O)(=O)c1ccc(Cl)cc1. The fourth-order valence-electron chi connectivity index (χ4n) is 5.14. The molecule has 3 N–H and O–H groups in total. The third-order valence-electron chi connectivity index (χ3n) is 7.08. The first-order chi connectivity index (χ1) is 18.1. The maximum absolute atomic E-state index is 13.3. The van der Waals surface area contributed by atoms with Crippen LogP contribution in [0.4, 0.5) is 0 Å². The highest BCUT2D eigenvalue weighted by Crippen LogP contribution is 2.31. The van der Waals surface area contributed by atoms with Crippen LogP contribution in [-0.4, -0.2) is 56.8 Å². The minimum absolute atomic E-state index is 0.0402. The van der Waals surface area contributed by atoms with E-state index in [9.17, 15) is 18.0 Å². The van der Waals surface area contributed by atoms with Crippen molar-refractivity contribution < 1.29 is 18.0 Å². The number of rotatable bonds is 10. The number of nitrogens with zero attached hydrogens (tertiary/aromatic N) is 1. The minimum atomic E-state index is -3.98. The van der Waals surface area contributed by atoms with E-state index >= 15 is 0 Å². The molecular formula is C28H37ClN4O4S. The van der Waals surface area contributed by atoms with Gasteiger partial charge in [0.15, 0.2) is 0 Å². The first-order valence-corrected chi connectivity index (χ1v) is 15.1. The van der Waals surface area contributed by atoms with Gasteiger partial charge in [0.2, 0.25) is 21.8 Å². The van der Waals surface area contributed by atoms with Gasteiger partial charge in [-0.15, -0.1) is 0 Å². The zero-order valence-electron chi connectivity index (χ0n) is 22.0. The second kappa shape index (κ2) is 12.6. The molecule has 2 aromatic rings. The van der Waals surface area contributed by atoms with Crippen LogP contribution < -0.4 is 16.0 Å². The van der Waals surface area contributed by atoms with Crippen LogP contribution in [0.3, 0.4) is 0 Å². The lowest BCUT2D eigenvalue weighted by molar-refractivity contribution is -0.132. The fourth-order valence-corrected chi connectivity index (χ4v) is 6.86. The van der Waals surface area contributed by atoms with E-state index in [2.05, 4.69) is 48.0 Å². The van der Waals surface area contributed by atoms with Gasteiger partial charge in [-0.2, -0.15) is 4.31 Å². The molecule has 0 saturated carbocycles. The minimum Gasteiger partial charge on any atom is -0.353 e. The zero-order valence-corrected chi connectivity index (χ0v) is 23.6. The molecule has 1 saturated heterocycles. The molecule has 2 amide bonds. The van der Waals surface area contributed by atoms with Gasteiger partial charge in [0, 0.05) is 18.1 Å². The molecule has 0 aromatic heterocycles. The molecule has 0 unspecified atom stereocenters. The number of carbonyl (C=O) groups is 2. The summed E-state index contributed by atoms with van der Waals surface area (Å²) in [7, 11) is -3.98. The molecule has 1 heterocycles. The van der Waals surface area contributed by atoms with Crippen molar-refractivity contribution >= 4 is 33.4 Å². The maximum atomic E-state index is 13.3. The summed E-state index contributed by atoms with van der Waals surface area (Å²) in [5.74, 6) is -0.195. The van der Waals surface area contributed by atoms with Crippen molar-refractivity contribution in [3.8, 4) is 0 Å². The Hall–Kier alpha value is -2.46. The second-order valence-electron chi connectivity index (χ2n) is 10.5. The highest BCUT2D eigenvalue weighted by molar-refractivity contribution is 7.89. The van der Waals surface area contributed by atoms with Gasteiger partial charge in [0.1, 0.15) is 6.04 Å². The molecule has 0 spiro atoms. The van der Waals surface area contributed by atoms with Crippen LogP contribution in [0, 0.1) is 5.92 Å². The summed E-state index contributed by atoms with van der Waals surface area (Å²) in [5.41, 5.74) is 3.61. The number of fused-ring (bicyclic) bond motifs is 1. The normalized spacial score (nSPS) is 20.2. The predicted octanol–water partition coefficient (Wildman–Crippen LogP) is 3.20. The Kier molecular flexibility index (Phi) is 9.46. The number of piperazine rings is 1. The number of benzene rings is 2. The summed E-state index contributed by atoms with van der Waals surface area (Å²) in [6, 6.07) is 11.0. The number of aryl methyl sites for hydroxylation is 1. The van der Waals surface area contributed by atoms with E-state index in [1.807, 2.05) is 0 Å². The maximum Gasteiger partial charge on any atom is 0.243 e. The molecule has 0 bridgehead atoms. The number of sulfonamides is 1. The highest BCUT2D eigenvalue weighted by Gasteiger charge is 2.40. The largest absolute Gasteiger partial charge is 0.353 e. The van der Waals surface area contributed by atoms with Crippen molar-refractivity contribution in [3.63, 3.8) is 0 Å². The van der Waals surface area contributed by atoms with Crippen LogP contribution in [0.5, 0.6) is 0 Å². The summed E-state index contributed by atoms with van der Waals surface area (Å²) < 4.78 is 27.8. The lowest BCUT2D eigenvalue weighted by Gasteiger charge is -2.34. The number of amides is 2. The van der Waals surface area contributed by atoms with Gasteiger partial charge in [0.25, 0.3) is 0 Å². The molecule has 1 aliphatic carbocycles. The summed E-state index contributed by atoms with van der Waals surface area (Å²) in [4.78, 5) is 25.9. The van der Waals surface area contributed by atoms with Gasteiger partial charge in [-0.25, -0.2) is 8.42 Å². The van der Waals surface area contributed by atoms with E-state index in [0.717, 1.165) is 48.6 Å². The fraction of sp³-hybridized carbons (Fsp3) is 0.500. The van der Waals surface area contributed by atoms with Crippen molar-refractivity contribution in [1.82, 2.24) is 20.3 Å². The van der Waals surface area contributed by atoms with Crippen LogP contribution in [-0.2, 0) is 32.5 Å².